The van der Waals surface area contributed by atoms with Gasteiger partial charge in [0.25, 0.3) is 0 Å². The van der Waals surface area contributed by atoms with E-state index in [0.29, 0.717) is 26.4 Å². The van der Waals surface area contributed by atoms with E-state index in [9.17, 15) is 0 Å². The van der Waals surface area contributed by atoms with Gasteiger partial charge in [0.1, 0.15) is 0 Å². The van der Waals surface area contributed by atoms with Crippen LogP contribution in [0, 0.1) is 0 Å². The molecule has 3 rings (SSSR count). The number of halogens is 1. The van der Waals surface area contributed by atoms with E-state index in [1.807, 2.05) is 6.07 Å². The molecule has 0 fully saturated rings. The Balaban J connectivity index is 2.06. The molecule has 0 radical (unpaired) electrons. The van der Waals surface area contributed by atoms with Gasteiger partial charge in [0, 0.05) is 23.1 Å². The van der Waals surface area contributed by atoms with Gasteiger partial charge in [0.15, 0.2) is 11.5 Å². The number of fused-ring (bicyclic) bond motifs is 3. The number of ether oxygens (including phenoxy) is 3. The molecule has 0 spiro atoms. The summed E-state index contributed by atoms with van der Waals surface area (Å²) in [6.07, 6.45) is 2.78. The van der Waals surface area contributed by atoms with Crippen molar-refractivity contribution in [2.45, 2.75) is 32.2 Å². The van der Waals surface area contributed by atoms with E-state index >= 15 is 0 Å². The number of nitrogens with one attached hydrogen (secondary N) is 1. The molecule has 5 heteroatoms. The monoisotopic (exact) mass is 311 g/mol. The zero-order valence-electron chi connectivity index (χ0n) is 12.4. The largest absolute Gasteiger partial charge is 0.489 e. The van der Waals surface area contributed by atoms with Crippen LogP contribution >= 0.6 is 11.6 Å². The quantitative estimate of drug-likeness (QED) is 0.931. The van der Waals surface area contributed by atoms with Crippen LogP contribution in [0.1, 0.15) is 36.9 Å². The van der Waals surface area contributed by atoms with Crippen molar-refractivity contribution < 1.29 is 14.2 Å². The zero-order chi connectivity index (χ0) is 14.7. The summed E-state index contributed by atoms with van der Waals surface area (Å²) in [6, 6.07) is 2.00. The first kappa shape index (κ1) is 14.9. The standard InChI is InChI=1S/C16H22ClNO3/c1-2-5-18-13-10-19-8-4-11-12(17)9-14-16(15(11)13)21-7-3-6-20-14/h9,13,18H,2-8,10H2,1H3. The molecule has 0 amide bonds. The van der Waals surface area contributed by atoms with Crippen LogP contribution in [-0.4, -0.2) is 33.0 Å². The van der Waals surface area contributed by atoms with Crippen molar-refractivity contribution in [2.75, 3.05) is 33.0 Å². The van der Waals surface area contributed by atoms with Gasteiger partial charge in [-0.1, -0.05) is 18.5 Å². The number of hydrogen-bond acceptors (Lipinski definition) is 4. The molecule has 0 saturated heterocycles. The van der Waals surface area contributed by atoms with Gasteiger partial charge in [-0.05, 0) is 24.9 Å². The molecule has 1 N–H and O–H groups in total. The highest BCUT2D eigenvalue weighted by molar-refractivity contribution is 6.31. The second kappa shape index (κ2) is 6.86. The van der Waals surface area contributed by atoms with Crippen molar-refractivity contribution >= 4 is 11.6 Å². The van der Waals surface area contributed by atoms with Gasteiger partial charge in [-0.2, -0.15) is 0 Å². The summed E-state index contributed by atoms with van der Waals surface area (Å²) >= 11 is 6.49. The highest BCUT2D eigenvalue weighted by Gasteiger charge is 2.28. The molecule has 116 valence electrons. The summed E-state index contributed by atoms with van der Waals surface area (Å²) in [5, 5.41) is 4.30. The molecule has 0 bridgehead atoms. The molecule has 1 atom stereocenters. The minimum Gasteiger partial charge on any atom is -0.489 e. The molecule has 4 nitrogen and oxygen atoms in total. The summed E-state index contributed by atoms with van der Waals surface area (Å²) in [4.78, 5) is 0. The van der Waals surface area contributed by atoms with Gasteiger partial charge in [0.2, 0.25) is 0 Å². The molecule has 0 aliphatic carbocycles. The van der Waals surface area contributed by atoms with Gasteiger partial charge in [-0.3, -0.25) is 0 Å². The van der Waals surface area contributed by atoms with E-state index in [4.69, 9.17) is 25.8 Å². The van der Waals surface area contributed by atoms with E-state index in [-0.39, 0.29) is 6.04 Å². The summed E-state index contributed by atoms with van der Waals surface area (Å²) in [6.45, 7) is 5.78. The molecule has 1 aromatic carbocycles. The maximum absolute atomic E-state index is 6.49. The van der Waals surface area contributed by atoms with E-state index in [0.717, 1.165) is 53.5 Å². The topological polar surface area (TPSA) is 39.7 Å². The van der Waals surface area contributed by atoms with Crippen molar-refractivity contribution in [3.8, 4) is 11.5 Å². The lowest BCUT2D eigenvalue weighted by atomic mass is 9.97. The average molecular weight is 312 g/mol. The van der Waals surface area contributed by atoms with Crippen LogP contribution in [0.3, 0.4) is 0 Å². The molecular formula is C16H22ClNO3. The summed E-state index contributed by atoms with van der Waals surface area (Å²) in [5.74, 6) is 1.62. The fourth-order valence-electron chi connectivity index (χ4n) is 2.90. The molecule has 2 aliphatic rings. The van der Waals surface area contributed by atoms with Crippen LogP contribution < -0.4 is 14.8 Å². The Labute approximate surface area is 130 Å². The molecular weight excluding hydrogens is 290 g/mol. The number of rotatable bonds is 3. The smallest absolute Gasteiger partial charge is 0.166 e. The highest BCUT2D eigenvalue weighted by atomic mass is 35.5. The summed E-state index contributed by atoms with van der Waals surface area (Å²) < 4.78 is 17.5. The summed E-state index contributed by atoms with van der Waals surface area (Å²) in [7, 11) is 0. The summed E-state index contributed by atoms with van der Waals surface area (Å²) in [5.41, 5.74) is 2.26. The second-order valence-electron chi connectivity index (χ2n) is 5.46. The van der Waals surface area contributed by atoms with Crippen LogP contribution in [0.2, 0.25) is 5.02 Å². The van der Waals surface area contributed by atoms with Crippen LogP contribution in [0.5, 0.6) is 11.5 Å². The van der Waals surface area contributed by atoms with Gasteiger partial charge >= 0.3 is 0 Å². The number of benzene rings is 1. The molecule has 2 heterocycles. The number of hydrogen-bond donors (Lipinski definition) is 1. The molecule has 1 unspecified atom stereocenters. The van der Waals surface area contributed by atoms with Crippen molar-refractivity contribution in [1.29, 1.82) is 0 Å². The average Bonchev–Trinajstić information content (AvgIpc) is 2.83. The van der Waals surface area contributed by atoms with E-state index in [1.54, 1.807) is 0 Å². The maximum atomic E-state index is 6.49. The molecule has 0 aromatic heterocycles. The minimum atomic E-state index is 0.108. The lowest BCUT2D eigenvalue weighted by Gasteiger charge is -2.23. The maximum Gasteiger partial charge on any atom is 0.166 e. The minimum absolute atomic E-state index is 0.108. The Morgan fingerprint density at radius 2 is 2.14 bits per heavy atom. The van der Waals surface area contributed by atoms with Gasteiger partial charge in [0.05, 0.1) is 32.5 Å². The third kappa shape index (κ3) is 3.12. The Bertz CT molecular complexity index is 507. The molecule has 2 aliphatic heterocycles. The fourth-order valence-corrected chi connectivity index (χ4v) is 3.19. The Morgan fingerprint density at radius 3 is 3.00 bits per heavy atom. The predicted molar refractivity (Wildman–Crippen MR) is 82.6 cm³/mol. The molecule has 1 aromatic rings. The first-order valence-electron chi connectivity index (χ1n) is 7.73. The van der Waals surface area contributed by atoms with Crippen molar-refractivity contribution in [3.63, 3.8) is 0 Å². The Kier molecular flexibility index (Phi) is 4.88. The third-order valence-corrected chi connectivity index (χ3v) is 4.24. The van der Waals surface area contributed by atoms with Crippen LogP contribution in [0.4, 0.5) is 0 Å². The first-order valence-corrected chi connectivity index (χ1v) is 8.11. The lowest BCUT2D eigenvalue weighted by Crippen LogP contribution is -2.26. The fraction of sp³-hybridized carbons (Fsp3) is 0.625. The second-order valence-corrected chi connectivity index (χ2v) is 5.87. The van der Waals surface area contributed by atoms with Gasteiger partial charge < -0.3 is 19.5 Å². The Hall–Kier alpha value is -0.970. The van der Waals surface area contributed by atoms with E-state index in [1.165, 1.54) is 0 Å². The SMILES string of the molecule is CCCNC1COCCc2c(Cl)cc3c(c21)OCCCO3. The van der Waals surface area contributed by atoms with Crippen molar-refractivity contribution in [1.82, 2.24) is 5.32 Å². The third-order valence-electron chi connectivity index (χ3n) is 3.90. The van der Waals surface area contributed by atoms with E-state index in [2.05, 4.69) is 12.2 Å². The molecule has 21 heavy (non-hydrogen) atoms. The molecule has 0 saturated carbocycles. The van der Waals surface area contributed by atoms with Crippen molar-refractivity contribution in [2.24, 2.45) is 0 Å². The van der Waals surface area contributed by atoms with Gasteiger partial charge in [-0.25, -0.2) is 0 Å². The van der Waals surface area contributed by atoms with E-state index < -0.39 is 0 Å². The first-order chi connectivity index (χ1) is 10.3. The van der Waals surface area contributed by atoms with Crippen LogP contribution in [0.15, 0.2) is 6.07 Å². The zero-order valence-corrected chi connectivity index (χ0v) is 13.2. The normalized spacial score (nSPS) is 21.3. The van der Waals surface area contributed by atoms with Crippen LogP contribution in [-0.2, 0) is 11.2 Å². The highest BCUT2D eigenvalue weighted by Crippen LogP contribution is 2.43. The predicted octanol–water partition coefficient (Wildman–Crippen LogP) is 3.11. The lowest BCUT2D eigenvalue weighted by molar-refractivity contribution is 0.121. The Morgan fingerprint density at radius 1 is 1.29 bits per heavy atom. The van der Waals surface area contributed by atoms with Gasteiger partial charge in [-0.15, -0.1) is 0 Å². The van der Waals surface area contributed by atoms with Crippen LogP contribution in [0.25, 0.3) is 0 Å². The van der Waals surface area contributed by atoms with Crippen molar-refractivity contribution in [3.05, 3.63) is 22.2 Å².